The van der Waals surface area contributed by atoms with Gasteiger partial charge in [0, 0.05) is 17.2 Å². The standard InChI is InChI=1S/C21H21O9P/c1-25-21-18(30-31(23)24)17(28-19(22)13-8-4-2-5-9-13)16-15(27-21)12-26-20(29-16)14-10-6-3-7-11-14/h2-11,15-18,20-21H,12H2,1H3/p+1/t15-,16+,17+,18-,20?,21-/m1/s1. The predicted molar refractivity (Wildman–Crippen MR) is 106 cm³/mol. The summed E-state index contributed by atoms with van der Waals surface area (Å²) in [5, 5.41) is 0. The molecule has 2 aliphatic heterocycles. The first kappa shape index (κ1) is 22.0. The van der Waals surface area contributed by atoms with Crippen molar-refractivity contribution in [3.05, 3.63) is 71.8 Å². The maximum Gasteiger partial charge on any atom is 0.695 e. The van der Waals surface area contributed by atoms with Gasteiger partial charge in [0.25, 0.3) is 0 Å². The quantitative estimate of drug-likeness (QED) is 0.526. The van der Waals surface area contributed by atoms with Crippen LogP contribution < -0.4 is 0 Å². The fraction of sp³-hybridized carbons (Fsp3) is 0.381. The summed E-state index contributed by atoms with van der Waals surface area (Å²) >= 11 is 0. The molecule has 0 saturated carbocycles. The second-order valence-electron chi connectivity index (χ2n) is 7.00. The molecule has 2 fully saturated rings. The Hall–Kier alpha value is -2.23. The van der Waals surface area contributed by atoms with Gasteiger partial charge in [0.2, 0.25) is 6.10 Å². The van der Waals surface area contributed by atoms with E-state index in [2.05, 4.69) is 0 Å². The Morgan fingerprint density at radius 1 is 1.03 bits per heavy atom. The molecule has 2 aromatic carbocycles. The van der Waals surface area contributed by atoms with Crippen molar-refractivity contribution in [1.82, 2.24) is 0 Å². The lowest BCUT2D eigenvalue weighted by Gasteiger charge is -2.46. The van der Waals surface area contributed by atoms with Crippen LogP contribution in [0.4, 0.5) is 0 Å². The molecule has 1 N–H and O–H groups in total. The van der Waals surface area contributed by atoms with Crippen molar-refractivity contribution in [2.45, 2.75) is 37.0 Å². The van der Waals surface area contributed by atoms with E-state index in [0.29, 0.717) is 5.56 Å². The minimum atomic E-state index is -3.03. The van der Waals surface area contributed by atoms with Crippen LogP contribution in [0.2, 0.25) is 0 Å². The summed E-state index contributed by atoms with van der Waals surface area (Å²) < 4.78 is 45.4. The molecule has 2 saturated heterocycles. The number of esters is 1. The van der Waals surface area contributed by atoms with Gasteiger partial charge in [-0.2, -0.15) is 0 Å². The maximum atomic E-state index is 12.8. The van der Waals surface area contributed by atoms with Gasteiger partial charge in [-0.3, -0.25) is 0 Å². The van der Waals surface area contributed by atoms with Crippen LogP contribution in [0.15, 0.2) is 60.7 Å². The van der Waals surface area contributed by atoms with E-state index in [1.54, 1.807) is 30.3 Å². The van der Waals surface area contributed by atoms with Crippen molar-refractivity contribution in [3.8, 4) is 0 Å². The first-order valence-corrected chi connectivity index (χ1v) is 10.8. The Balaban J connectivity index is 1.63. The number of rotatable bonds is 6. The van der Waals surface area contributed by atoms with Crippen molar-refractivity contribution < 1.29 is 42.5 Å². The summed E-state index contributed by atoms with van der Waals surface area (Å²) in [5.74, 6) is -0.630. The average Bonchev–Trinajstić information content (AvgIpc) is 2.80. The Morgan fingerprint density at radius 2 is 1.71 bits per heavy atom. The molecule has 0 aliphatic carbocycles. The van der Waals surface area contributed by atoms with Crippen molar-refractivity contribution in [3.63, 3.8) is 0 Å². The molecule has 9 nitrogen and oxygen atoms in total. The number of carbonyl (C=O) groups excluding carboxylic acids is 1. The number of benzene rings is 2. The lowest BCUT2D eigenvalue weighted by molar-refractivity contribution is -0.354. The van der Waals surface area contributed by atoms with Crippen LogP contribution in [0.25, 0.3) is 0 Å². The number of fused-ring (bicyclic) bond motifs is 1. The lowest BCUT2D eigenvalue weighted by Crippen LogP contribution is -2.63. The first-order chi connectivity index (χ1) is 15.1. The highest BCUT2D eigenvalue weighted by Gasteiger charge is 2.55. The monoisotopic (exact) mass is 449 g/mol. The van der Waals surface area contributed by atoms with Crippen LogP contribution in [0.5, 0.6) is 0 Å². The fourth-order valence-electron chi connectivity index (χ4n) is 3.63. The maximum absolute atomic E-state index is 12.8. The Bertz CT molecular complexity index is 894. The van der Waals surface area contributed by atoms with Gasteiger partial charge >= 0.3 is 14.2 Å². The third-order valence-corrected chi connectivity index (χ3v) is 5.48. The molecule has 10 heteroatoms. The molecule has 31 heavy (non-hydrogen) atoms. The number of methoxy groups -OCH3 is 1. The molecule has 2 aromatic rings. The SMILES string of the molecule is CO[C@@H]1O[C@@H]2COC(c3ccccc3)O[C@@H]2[C@H](OC(=O)c2ccccc2)[C@H]1O[P+](=O)O. The largest absolute Gasteiger partial charge is 0.695 e. The highest BCUT2D eigenvalue weighted by Crippen LogP contribution is 2.39. The van der Waals surface area contributed by atoms with Gasteiger partial charge < -0.3 is 23.7 Å². The van der Waals surface area contributed by atoms with E-state index in [1.165, 1.54) is 7.11 Å². The zero-order valence-electron chi connectivity index (χ0n) is 16.6. The van der Waals surface area contributed by atoms with Crippen molar-refractivity contribution in [2.24, 2.45) is 0 Å². The average molecular weight is 449 g/mol. The van der Waals surface area contributed by atoms with Crippen LogP contribution >= 0.6 is 8.25 Å². The van der Waals surface area contributed by atoms with Crippen LogP contribution in [-0.2, 0) is 32.8 Å². The molecule has 2 heterocycles. The number of carbonyl (C=O) groups is 1. The van der Waals surface area contributed by atoms with Crippen molar-refractivity contribution in [1.29, 1.82) is 0 Å². The molecule has 0 spiro atoms. The smallest absolute Gasteiger partial charge is 0.453 e. The fourth-order valence-corrected chi connectivity index (χ4v) is 4.06. The minimum absolute atomic E-state index is 0.140. The van der Waals surface area contributed by atoms with Gasteiger partial charge in [0.05, 0.1) is 12.2 Å². The van der Waals surface area contributed by atoms with Crippen molar-refractivity contribution >= 4 is 14.2 Å². The normalized spacial score (nSPS) is 30.8. The molecule has 164 valence electrons. The molecule has 7 atom stereocenters. The predicted octanol–water partition coefficient (Wildman–Crippen LogP) is 2.73. The summed E-state index contributed by atoms with van der Waals surface area (Å²) in [6, 6.07) is 17.6. The Kier molecular flexibility index (Phi) is 7.04. The Labute approximate surface area is 179 Å². The highest BCUT2D eigenvalue weighted by molar-refractivity contribution is 7.32. The van der Waals surface area contributed by atoms with Gasteiger partial charge in [-0.1, -0.05) is 48.5 Å². The van der Waals surface area contributed by atoms with Crippen LogP contribution in [0, 0.1) is 0 Å². The molecular formula is C21H22O9P+. The number of hydrogen-bond donors (Lipinski definition) is 1. The lowest BCUT2D eigenvalue weighted by atomic mass is 9.97. The zero-order valence-corrected chi connectivity index (χ0v) is 17.5. The molecule has 0 bridgehead atoms. The highest BCUT2D eigenvalue weighted by atomic mass is 31.1. The van der Waals surface area contributed by atoms with Crippen LogP contribution in [-0.4, -0.2) is 55.3 Å². The molecule has 2 aliphatic rings. The molecule has 0 amide bonds. The van der Waals surface area contributed by atoms with Gasteiger partial charge in [-0.25, -0.2) is 4.79 Å². The number of hydrogen-bond acceptors (Lipinski definition) is 8. The van der Waals surface area contributed by atoms with E-state index in [4.69, 9.17) is 28.2 Å². The van der Waals surface area contributed by atoms with E-state index in [0.717, 1.165) is 5.56 Å². The summed E-state index contributed by atoms with van der Waals surface area (Å²) in [6.45, 7) is 0.140. The van der Waals surface area contributed by atoms with E-state index in [-0.39, 0.29) is 6.61 Å². The molecular weight excluding hydrogens is 427 g/mol. The first-order valence-electron chi connectivity index (χ1n) is 9.66. The summed E-state index contributed by atoms with van der Waals surface area (Å²) in [6.07, 6.45) is -5.54. The topological polar surface area (TPSA) is 110 Å². The third-order valence-electron chi connectivity index (χ3n) is 5.05. The third kappa shape index (κ3) is 4.99. The van der Waals surface area contributed by atoms with E-state index in [1.807, 2.05) is 30.3 Å². The second-order valence-corrected chi connectivity index (χ2v) is 7.69. The zero-order chi connectivity index (χ0) is 21.8. The second kappa shape index (κ2) is 9.93. The van der Waals surface area contributed by atoms with Crippen LogP contribution in [0.3, 0.4) is 0 Å². The molecule has 0 radical (unpaired) electrons. The molecule has 4 rings (SSSR count). The van der Waals surface area contributed by atoms with Gasteiger partial charge in [-0.15, -0.1) is 9.42 Å². The minimum Gasteiger partial charge on any atom is -0.453 e. The Morgan fingerprint density at radius 3 is 2.35 bits per heavy atom. The van der Waals surface area contributed by atoms with Gasteiger partial charge in [0.15, 0.2) is 18.7 Å². The van der Waals surface area contributed by atoms with Crippen LogP contribution in [0.1, 0.15) is 22.2 Å². The van der Waals surface area contributed by atoms with Crippen molar-refractivity contribution in [2.75, 3.05) is 13.7 Å². The molecule has 0 aromatic heterocycles. The summed E-state index contributed by atoms with van der Waals surface area (Å²) in [5.41, 5.74) is 1.09. The van der Waals surface area contributed by atoms with E-state index >= 15 is 0 Å². The summed E-state index contributed by atoms with van der Waals surface area (Å²) in [4.78, 5) is 22.2. The van der Waals surface area contributed by atoms with Gasteiger partial charge in [0.1, 0.15) is 12.2 Å². The summed E-state index contributed by atoms with van der Waals surface area (Å²) in [7, 11) is -1.67. The molecule has 2 unspecified atom stereocenters. The van der Waals surface area contributed by atoms with E-state index < -0.39 is 51.2 Å². The van der Waals surface area contributed by atoms with E-state index in [9.17, 15) is 14.3 Å². The van der Waals surface area contributed by atoms with Gasteiger partial charge in [-0.05, 0) is 12.1 Å². The number of ether oxygens (including phenoxy) is 5.